The third-order valence-corrected chi connectivity index (χ3v) is 6.82. The summed E-state index contributed by atoms with van der Waals surface area (Å²) in [6, 6.07) is 7.07. The van der Waals surface area contributed by atoms with Crippen LogP contribution in [-0.2, 0) is 17.7 Å². The molecule has 8 heteroatoms. The van der Waals surface area contributed by atoms with Gasteiger partial charge in [-0.1, -0.05) is 13.0 Å². The summed E-state index contributed by atoms with van der Waals surface area (Å²) in [5, 5.41) is 3.25. The fraction of sp³-hybridized carbons (Fsp3) is 0.560. The number of nitrogens with one attached hydrogen (secondary N) is 1. The molecule has 0 aliphatic carbocycles. The molecule has 1 atom stereocenters. The first kappa shape index (κ1) is 23.4. The van der Waals surface area contributed by atoms with Crippen LogP contribution >= 0.6 is 0 Å². The lowest BCUT2D eigenvalue weighted by molar-refractivity contribution is 0.0598. The van der Waals surface area contributed by atoms with E-state index < -0.39 is 0 Å². The lowest BCUT2D eigenvalue weighted by Crippen LogP contribution is -2.48. The largest absolute Gasteiger partial charge is 0.497 e. The van der Waals surface area contributed by atoms with Crippen molar-refractivity contribution in [1.82, 2.24) is 19.8 Å². The third-order valence-electron chi connectivity index (χ3n) is 6.82. The van der Waals surface area contributed by atoms with Gasteiger partial charge in [-0.2, -0.15) is 0 Å². The van der Waals surface area contributed by atoms with E-state index in [9.17, 15) is 4.79 Å². The summed E-state index contributed by atoms with van der Waals surface area (Å²) in [5.41, 5.74) is 3.32. The molecule has 0 saturated carbocycles. The van der Waals surface area contributed by atoms with Crippen LogP contribution in [0, 0.1) is 0 Å². The molecular weight excluding hydrogens is 418 g/mol. The van der Waals surface area contributed by atoms with Gasteiger partial charge in [-0.25, -0.2) is 9.97 Å². The van der Waals surface area contributed by atoms with Gasteiger partial charge in [-0.3, -0.25) is 9.69 Å². The van der Waals surface area contributed by atoms with E-state index in [1.807, 2.05) is 11.0 Å². The lowest BCUT2D eigenvalue weighted by Gasteiger charge is -2.40. The minimum Gasteiger partial charge on any atom is -0.497 e. The number of rotatable bonds is 8. The van der Waals surface area contributed by atoms with E-state index in [4.69, 9.17) is 9.47 Å². The number of likely N-dealkylation sites (tertiary alicyclic amines) is 1. The van der Waals surface area contributed by atoms with Gasteiger partial charge in [-0.05, 0) is 48.9 Å². The molecule has 33 heavy (non-hydrogen) atoms. The summed E-state index contributed by atoms with van der Waals surface area (Å²) in [4.78, 5) is 26.2. The van der Waals surface area contributed by atoms with Crippen LogP contribution in [0.25, 0.3) is 0 Å². The molecule has 2 aromatic rings. The Kier molecular flexibility index (Phi) is 7.77. The van der Waals surface area contributed by atoms with Crippen LogP contribution in [0.4, 0.5) is 5.95 Å². The number of benzene rings is 1. The average molecular weight is 454 g/mol. The first-order chi connectivity index (χ1) is 16.1. The highest BCUT2D eigenvalue weighted by molar-refractivity contribution is 5.93. The van der Waals surface area contributed by atoms with E-state index >= 15 is 0 Å². The Bertz CT molecular complexity index is 928. The van der Waals surface area contributed by atoms with Gasteiger partial charge in [-0.15, -0.1) is 0 Å². The van der Waals surface area contributed by atoms with Crippen molar-refractivity contribution in [2.45, 2.75) is 51.2 Å². The Morgan fingerprint density at radius 1 is 1.15 bits per heavy atom. The smallest absolute Gasteiger partial charge is 0.256 e. The van der Waals surface area contributed by atoms with Crippen molar-refractivity contribution < 1.29 is 14.3 Å². The molecule has 0 radical (unpaired) electrons. The summed E-state index contributed by atoms with van der Waals surface area (Å²) in [7, 11) is 3.39. The van der Waals surface area contributed by atoms with E-state index in [0.717, 1.165) is 57.6 Å². The molecule has 2 aliphatic rings. The van der Waals surface area contributed by atoms with Crippen molar-refractivity contribution >= 4 is 11.9 Å². The highest BCUT2D eigenvalue weighted by atomic mass is 16.5. The second-order valence-corrected chi connectivity index (χ2v) is 8.88. The van der Waals surface area contributed by atoms with Crippen molar-refractivity contribution in [2.75, 3.05) is 45.8 Å². The van der Waals surface area contributed by atoms with Gasteiger partial charge < -0.3 is 19.7 Å². The number of nitrogens with zero attached hydrogens (tertiary/aromatic N) is 4. The molecule has 1 amide bonds. The Balaban J connectivity index is 1.29. The molecule has 1 aromatic heterocycles. The predicted octanol–water partition coefficient (Wildman–Crippen LogP) is 2.99. The SMILES string of the molecule is CCC(COC)Nc1ncc(C(=O)N2CCC(N3CCc4cc(OC)ccc4C3)CC2)cn1. The standard InChI is InChI=1S/C25H35N5O3/c1-4-21(17-32-2)28-25-26-14-20(15-27-25)24(31)29-11-8-22(9-12-29)30-10-7-18-13-23(33-3)6-5-19(18)16-30/h5-6,13-15,21-22H,4,7-12,16-17H2,1-3H3,(H,26,27,28). The molecule has 3 heterocycles. The van der Waals surface area contributed by atoms with E-state index in [-0.39, 0.29) is 11.9 Å². The Hall–Kier alpha value is -2.71. The molecule has 1 unspecified atom stereocenters. The quantitative estimate of drug-likeness (QED) is 0.658. The topological polar surface area (TPSA) is 79.8 Å². The summed E-state index contributed by atoms with van der Waals surface area (Å²) in [6.45, 7) is 6.23. The highest BCUT2D eigenvalue weighted by Gasteiger charge is 2.29. The summed E-state index contributed by atoms with van der Waals surface area (Å²) in [6.07, 6.45) is 7.19. The summed E-state index contributed by atoms with van der Waals surface area (Å²) >= 11 is 0. The zero-order valence-corrected chi connectivity index (χ0v) is 19.9. The predicted molar refractivity (Wildman–Crippen MR) is 128 cm³/mol. The Morgan fingerprint density at radius 2 is 1.91 bits per heavy atom. The maximum absolute atomic E-state index is 13.0. The number of anilines is 1. The molecule has 1 N–H and O–H groups in total. The minimum atomic E-state index is 0.0139. The Morgan fingerprint density at radius 3 is 2.58 bits per heavy atom. The van der Waals surface area contributed by atoms with Gasteiger partial charge in [0.2, 0.25) is 5.95 Å². The van der Waals surface area contributed by atoms with Crippen LogP contribution in [-0.4, -0.2) is 78.2 Å². The van der Waals surface area contributed by atoms with E-state index in [2.05, 4.69) is 39.2 Å². The van der Waals surface area contributed by atoms with E-state index in [1.165, 1.54) is 11.1 Å². The number of amides is 1. The van der Waals surface area contributed by atoms with Crippen LogP contribution in [0.1, 0.15) is 47.7 Å². The van der Waals surface area contributed by atoms with Gasteiger partial charge in [0.05, 0.1) is 25.3 Å². The van der Waals surface area contributed by atoms with E-state index in [1.54, 1.807) is 26.6 Å². The van der Waals surface area contributed by atoms with Crippen molar-refractivity contribution in [3.05, 3.63) is 47.3 Å². The van der Waals surface area contributed by atoms with Gasteiger partial charge >= 0.3 is 0 Å². The maximum atomic E-state index is 13.0. The fourth-order valence-electron chi connectivity index (χ4n) is 4.76. The molecule has 8 nitrogen and oxygen atoms in total. The summed E-state index contributed by atoms with van der Waals surface area (Å²) in [5.74, 6) is 1.47. The van der Waals surface area contributed by atoms with Crippen molar-refractivity contribution in [1.29, 1.82) is 0 Å². The monoisotopic (exact) mass is 453 g/mol. The normalized spacial score (nSPS) is 18.0. The molecule has 0 bridgehead atoms. The molecular formula is C25H35N5O3. The lowest BCUT2D eigenvalue weighted by atomic mass is 9.95. The number of carbonyl (C=O) groups is 1. The molecule has 0 spiro atoms. The van der Waals surface area contributed by atoms with Crippen molar-refractivity contribution in [2.24, 2.45) is 0 Å². The number of hydrogen-bond acceptors (Lipinski definition) is 7. The number of ether oxygens (including phenoxy) is 2. The second-order valence-electron chi connectivity index (χ2n) is 8.88. The minimum absolute atomic E-state index is 0.0139. The zero-order chi connectivity index (χ0) is 23.2. The number of carbonyl (C=O) groups excluding carboxylic acids is 1. The van der Waals surface area contributed by atoms with Gasteiger partial charge in [0.25, 0.3) is 5.91 Å². The second kappa shape index (κ2) is 10.9. The van der Waals surface area contributed by atoms with Crippen molar-refractivity contribution in [3.8, 4) is 5.75 Å². The van der Waals surface area contributed by atoms with E-state index in [0.29, 0.717) is 24.2 Å². The average Bonchev–Trinajstić information content (AvgIpc) is 2.88. The van der Waals surface area contributed by atoms with Crippen LogP contribution in [0.5, 0.6) is 5.75 Å². The number of aromatic nitrogens is 2. The van der Waals surface area contributed by atoms with Gasteiger partial charge in [0, 0.05) is 51.7 Å². The Labute approximate surface area is 196 Å². The maximum Gasteiger partial charge on any atom is 0.256 e. The first-order valence-corrected chi connectivity index (χ1v) is 11.9. The third kappa shape index (κ3) is 5.62. The number of fused-ring (bicyclic) bond motifs is 1. The molecule has 178 valence electrons. The molecule has 2 aliphatic heterocycles. The molecule has 1 saturated heterocycles. The summed E-state index contributed by atoms with van der Waals surface area (Å²) < 4.78 is 10.6. The number of methoxy groups -OCH3 is 2. The van der Waals surface area contributed by atoms with Gasteiger partial charge in [0.15, 0.2) is 0 Å². The molecule has 4 rings (SSSR count). The van der Waals surface area contributed by atoms with Crippen LogP contribution < -0.4 is 10.1 Å². The number of hydrogen-bond donors (Lipinski definition) is 1. The van der Waals surface area contributed by atoms with Crippen LogP contribution in [0.2, 0.25) is 0 Å². The fourth-order valence-corrected chi connectivity index (χ4v) is 4.76. The van der Waals surface area contributed by atoms with Crippen LogP contribution in [0.15, 0.2) is 30.6 Å². The number of piperidine rings is 1. The van der Waals surface area contributed by atoms with Crippen molar-refractivity contribution in [3.63, 3.8) is 0 Å². The van der Waals surface area contributed by atoms with Crippen LogP contribution in [0.3, 0.4) is 0 Å². The first-order valence-electron chi connectivity index (χ1n) is 11.9. The molecule has 1 aromatic carbocycles. The highest BCUT2D eigenvalue weighted by Crippen LogP contribution is 2.28. The van der Waals surface area contributed by atoms with Gasteiger partial charge in [0.1, 0.15) is 5.75 Å². The molecule has 1 fully saturated rings. The zero-order valence-electron chi connectivity index (χ0n) is 19.9.